The van der Waals surface area contributed by atoms with Gasteiger partial charge in [0.15, 0.2) is 5.78 Å². The van der Waals surface area contributed by atoms with E-state index in [1.54, 1.807) is 18.9 Å². The molecule has 1 aromatic rings. The molecule has 0 aromatic heterocycles. The van der Waals surface area contributed by atoms with Gasteiger partial charge in [0, 0.05) is 19.0 Å². The number of fused-ring (bicyclic) bond motifs is 1. The second-order valence-corrected chi connectivity index (χ2v) is 10.9. The van der Waals surface area contributed by atoms with Crippen LogP contribution in [0.5, 0.6) is 0 Å². The third-order valence-corrected chi connectivity index (χ3v) is 8.44. The molecule has 0 radical (unpaired) electrons. The molecule has 4 rings (SSSR count). The van der Waals surface area contributed by atoms with Crippen molar-refractivity contribution in [2.24, 2.45) is 11.7 Å². The van der Waals surface area contributed by atoms with Crippen molar-refractivity contribution in [2.75, 3.05) is 13.6 Å². The molecule has 2 aliphatic carbocycles. The molecule has 1 heterocycles. The van der Waals surface area contributed by atoms with Crippen molar-refractivity contribution < 1.29 is 14.4 Å². The Balaban J connectivity index is 1.51. The van der Waals surface area contributed by atoms with Crippen molar-refractivity contribution in [1.29, 1.82) is 0 Å². The molecule has 2 amide bonds. The van der Waals surface area contributed by atoms with Gasteiger partial charge in [-0.25, -0.2) is 0 Å². The zero-order chi connectivity index (χ0) is 24.9. The van der Waals surface area contributed by atoms with Gasteiger partial charge in [0.2, 0.25) is 11.8 Å². The van der Waals surface area contributed by atoms with Gasteiger partial charge in [0.25, 0.3) is 0 Å². The van der Waals surface area contributed by atoms with Gasteiger partial charge in [-0.2, -0.15) is 0 Å². The van der Waals surface area contributed by atoms with E-state index in [9.17, 15) is 14.4 Å². The van der Waals surface area contributed by atoms with Crippen molar-refractivity contribution in [3.63, 3.8) is 0 Å². The van der Waals surface area contributed by atoms with Crippen LogP contribution in [-0.4, -0.2) is 60.3 Å². The molecule has 7 heteroatoms. The summed E-state index contributed by atoms with van der Waals surface area (Å²) in [6.45, 7) is 2.16. The first-order valence-electron chi connectivity index (χ1n) is 13.5. The molecular weight excluding hydrogens is 440 g/mol. The molecule has 192 valence electrons. The van der Waals surface area contributed by atoms with E-state index < -0.39 is 18.1 Å². The number of likely N-dealkylation sites (N-methyl/N-ethyl adjacent to an activating group) is 1. The largest absolute Gasteiger partial charge is 0.343 e. The smallest absolute Gasteiger partial charge is 0.246 e. The predicted octanol–water partition coefficient (Wildman–Crippen LogP) is 2.67. The topological polar surface area (TPSA) is 105 Å². The number of nitrogens with one attached hydrogen (secondary N) is 2. The number of nitrogens with zero attached hydrogens (tertiary/aromatic N) is 1. The maximum atomic E-state index is 13.9. The van der Waals surface area contributed by atoms with E-state index >= 15 is 0 Å². The number of carbonyl (C=O) groups is 3. The van der Waals surface area contributed by atoms with Crippen LogP contribution < -0.4 is 16.4 Å². The minimum absolute atomic E-state index is 0.0991. The Labute approximate surface area is 209 Å². The Bertz CT molecular complexity index is 913. The number of amides is 2. The van der Waals surface area contributed by atoms with E-state index in [1.165, 1.54) is 11.1 Å². The van der Waals surface area contributed by atoms with Crippen LogP contribution in [0, 0.1) is 5.92 Å². The van der Waals surface area contributed by atoms with E-state index in [1.807, 2.05) is 6.07 Å². The highest BCUT2D eigenvalue weighted by Gasteiger charge is 2.43. The van der Waals surface area contributed by atoms with Crippen LogP contribution in [0.3, 0.4) is 0 Å². The minimum atomic E-state index is -0.602. The van der Waals surface area contributed by atoms with Crippen LogP contribution in [0.4, 0.5) is 0 Å². The first-order chi connectivity index (χ1) is 16.9. The van der Waals surface area contributed by atoms with Crippen LogP contribution in [-0.2, 0) is 20.8 Å². The third-order valence-electron chi connectivity index (χ3n) is 8.44. The Kier molecular flexibility index (Phi) is 8.60. The first kappa shape index (κ1) is 25.8. The van der Waals surface area contributed by atoms with Crippen LogP contribution >= 0.6 is 0 Å². The second kappa shape index (κ2) is 11.7. The van der Waals surface area contributed by atoms with Crippen LogP contribution in [0.2, 0.25) is 0 Å². The van der Waals surface area contributed by atoms with Crippen molar-refractivity contribution in [1.82, 2.24) is 15.5 Å². The Hall–Kier alpha value is -2.25. The lowest BCUT2D eigenvalue weighted by Gasteiger charge is -2.35. The molecule has 1 saturated heterocycles. The number of carbonyl (C=O) groups excluding carboxylic acids is 3. The van der Waals surface area contributed by atoms with E-state index in [0.29, 0.717) is 19.4 Å². The minimum Gasteiger partial charge on any atom is -0.343 e. The molecule has 0 bridgehead atoms. The monoisotopic (exact) mass is 482 g/mol. The fraction of sp³-hybridized carbons (Fsp3) is 0.679. The van der Waals surface area contributed by atoms with Gasteiger partial charge in [-0.15, -0.1) is 0 Å². The standard InChI is InChI=1S/C28H42N4O3/c1-18(30-2)27(34)31-26(20-10-4-3-5-11-20)28(35)32-17-22(29)16-24(32)25(33)15-21-13-8-12-19-9-6-7-14-23(19)21/h6-7,9,14,18,20-22,24,26,30H,3-5,8,10-13,15-17,29H2,1-2H3,(H,31,34)/t18-,21-,22-,24-,26-/m0/s1. The van der Waals surface area contributed by atoms with Gasteiger partial charge in [-0.1, -0.05) is 43.5 Å². The van der Waals surface area contributed by atoms with E-state index in [-0.39, 0.29) is 35.5 Å². The quantitative estimate of drug-likeness (QED) is 0.528. The lowest BCUT2D eigenvalue weighted by Crippen LogP contribution is -2.57. The van der Waals surface area contributed by atoms with Gasteiger partial charge in [0.05, 0.1) is 12.1 Å². The maximum absolute atomic E-state index is 13.9. The normalized spacial score (nSPS) is 26.6. The highest BCUT2D eigenvalue weighted by molar-refractivity contribution is 5.94. The summed E-state index contributed by atoms with van der Waals surface area (Å²) in [6, 6.07) is 6.71. The predicted molar refractivity (Wildman–Crippen MR) is 137 cm³/mol. The molecule has 7 nitrogen and oxygen atoms in total. The van der Waals surface area contributed by atoms with Gasteiger partial charge in [-0.05, 0) is 75.5 Å². The number of hydrogen-bond donors (Lipinski definition) is 3. The third kappa shape index (κ3) is 5.95. The summed E-state index contributed by atoms with van der Waals surface area (Å²) in [7, 11) is 1.74. The molecule has 1 saturated carbocycles. The number of Topliss-reactive ketones (excluding diaryl/α,β-unsaturated/α-hetero) is 1. The first-order valence-corrected chi connectivity index (χ1v) is 13.5. The molecule has 35 heavy (non-hydrogen) atoms. The highest BCUT2D eigenvalue weighted by Crippen LogP contribution is 2.36. The molecule has 1 aliphatic heterocycles. The molecule has 3 aliphatic rings. The summed E-state index contributed by atoms with van der Waals surface area (Å²) >= 11 is 0. The summed E-state index contributed by atoms with van der Waals surface area (Å²) in [5.74, 6) is 0.0874. The number of ketones is 1. The zero-order valence-electron chi connectivity index (χ0n) is 21.3. The van der Waals surface area contributed by atoms with Crippen LogP contribution in [0.25, 0.3) is 0 Å². The molecule has 4 N–H and O–H groups in total. The fourth-order valence-corrected chi connectivity index (χ4v) is 6.30. The molecular formula is C28H42N4O3. The van der Waals surface area contributed by atoms with Gasteiger partial charge in [-0.3, -0.25) is 14.4 Å². The number of hydrogen-bond acceptors (Lipinski definition) is 5. The Morgan fingerprint density at radius 2 is 1.83 bits per heavy atom. The number of rotatable bonds is 8. The maximum Gasteiger partial charge on any atom is 0.246 e. The van der Waals surface area contributed by atoms with Gasteiger partial charge < -0.3 is 21.3 Å². The molecule has 5 atom stereocenters. The SMILES string of the molecule is CN[C@@H](C)C(=O)N[C@H](C(=O)N1C[C@@H](N)C[C@H]1C(=O)C[C@@H]1CCCc2ccccc21)C1CCCCC1. The average molecular weight is 483 g/mol. The van der Waals surface area contributed by atoms with E-state index in [4.69, 9.17) is 5.73 Å². The zero-order valence-corrected chi connectivity index (χ0v) is 21.3. The summed E-state index contributed by atoms with van der Waals surface area (Å²) in [5, 5.41) is 6.00. The summed E-state index contributed by atoms with van der Waals surface area (Å²) < 4.78 is 0. The van der Waals surface area contributed by atoms with E-state index in [2.05, 4.69) is 28.8 Å². The number of nitrogens with two attached hydrogens (primary N) is 1. The Morgan fingerprint density at radius 3 is 2.57 bits per heavy atom. The molecule has 1 aromatic carbocycles. The summed E-state index contributed by atoms with van der Waals surface area (Å²) in [6.07, 6.45) is 9.21. The summed E-state index contributed by atoms with van der Waals surface area (Å²) in [4.78, 5) is 42.0. The summed E-state index contributed by atoms with van der Waals surface area (Å²) in [5.41, 5.74) is 8.92. The lowest BCUT2D eigenvalue weighted by atomic mass is 9.79. The number of benzene rings is 1. The van der Waals surface area contributed by atoms with Gasteiger partial charge in [0.1, 0.15) is 6.04 Å². The van der Waals surface area contributed by atoms with Crippen LogP contribution in [0.15, 0.2) is 24.3 Å². The Morgan fingerprint density at radius 1 is 1.09 bits per heavy atom. The fourth-order valence-electron chi connectivity index (χ4n) is 6.30. The number of likely N-dealkylation sites (tertiary alicyclic amines) is 1. The lowest BCUT2D eigenvalue weighted by molar-refractivity contribution is -0.142. The van der Waals surface area contributed by atoms with Crippen LogP contribution in [0.1, 0.15) is 81.8 Å². The number of aryl methyl sites for hydroxylation is 1. The van der Waals surface area contributed by atoms with Gasteiger partial charge >= 0.3 is 0 Å². The molecule has 2 fully saturated rings. The average Bonchev–Trinajstić information content (AvgIpc) is 3.28. The highest BCUT2D eigenvalue weighted by atomic mass is 16.2. The molecule has 0 unspecified atom stereocenters. The van der Waals surface area contributed by atoms with E-state index in [0.717, 1.165) is 51.4 Å². The second-order valence-electron chi connectivity index (χ2n) is 10.9. The molecule has 0 spiro atoms. The van der Waals surface area contributed by atoms with Crippen molar-refractivity contribution >= 4 is 17.6 Å². The van der Waals surface area contributed by atoms with Crippen molar-refractivity contribution in [3.8, 4) is 0 Å². The van der Waals surface area contributed by atoms with Crippen molar-refractivity contribution in [2.45, 2.75) is 101 Å². The van der Waals surface area contributed by atoms with Crippen molar-refractivity contribution in [3.05, 3.63) is 35.4 Å².